The first-order valence-corrected chi connectivity index (χ1v) is 5.35. The van der Waals surface area contributed by atoms with Crippen LogP contribution < -0.4 is 0 Å². The molecule has 0 unspecified atom stereocenters. The van der Waals surface area contributed by atoms with Crippen molar-refractivity contribution in [1.29, 1.82) is 0 Å². The molecule has 2 rings (SSSR count). The molecule has 0 radical (unpaired) electrons. The van der Waals surface area contributed by atoms with Gasteiger partial charge in [-0.25, -0.2) is 0 Å². The minimum absolute atomic E-state index is 0.325. The minimum Gasteiger partial charge on any atom is -0.284 e. The van der Waals surface area contributed by atoms with Gasteiger partial charge in [-0.05, 0) is 24.6 Å². The minimum atomic E-state index is 0.325. The summed E-state index contributed by atoms with van der Waals surface area (Å²) < 4.78 is 1.84. The maximum absolute atomic E-state index is 5.94. The third-order valence-corrected chi connectivity index (χ3v) is 2.64. The van der Waals surface area contributed by atoms with Crippen molar-refractivity contribution < 1.29 is 0 Å². The summed E-state index contributed by atoms with van der Waals surface area (Å²) in [6.45, 7) is 2.00. The summed E-state index contributed by atoms with van der Waals surface area (Å²) in [5.41, 5.74) is 2.06. The maximum Gasteiger partial charge on any atom is 0.152 e. The Kier molecular flexibility index (Phi) is 2.93. The van der Waals surface area contributed by atoms with Crippen LogP contribution in [0.1, 0.15) is 11.4 Å². The van der Waals surface area contributed by atoms with Gasteiger partial charge in [0.2, 0.25) is 0 Å². The van der Waals surface area contributed by atoms with Gasteiger partial charge >= 0.3 is 0 Å². The highest BCUT2D eigenvalue weighted by Gasteiger charge is 2.07. The molecule has 0 saturated carbocycles. The van der Waals surface area contributed by atoms with Gasteiger partial charge in [0.15, 0.2) is 5.82 Å². The van der Waals surface area contributed by atoms with E-state index in [0.717, 1.165) is 11.3 Å². The monoisotopic (exact) mass is 241 g/mol. The number of aromatic nitrogens is 3. The van der Waals surface area contributed by atoms with E-state index in [1.807, 2.05) is 29.7 Å². The molecule has 0 aliphatic carbocycles. The van der Waals surface area contributed by atoms with Crippen LogP contribution in [0.15, 0.2) is 24.5 Å². The van der Waals surface area contributed by atoms with Gasteiger partial charge in [0, 0.05) is 5.02 Å². The average Bonchev–Trinajstić information content (AvgIpc) is 2.69. The molecule has 0 aliphatic rings. The summed E-state index contributed by atoms with van der Waals surface area (Å²) in [5.74, 6) is 1.04. The molecule has 0 amide bonds. The molecule has 5 heteroatoms. The lowest BCUT2D eigenvalue weighted by molar-refractivity contribution is 0.943. The first kappa shape index (κ1) is 10.5. The van der Waals surface area contributed by atoms with E-state index in [1.54, 1.807) is 6.33 Å². The summed E-state index contributed by atoms with van der Waals surface area (Å²) in [7, 11) is 0. The van der Waals surface area contributed by atoms with E-state index in [-0.39, 0.29) is 0 Å². The third-order valence-electron chi connectivity index (χ3n) is 2.17. The first-order valence-electron chi connectivity index (χ1n) is 4.44. The highest BCUT2D eigenvalue weighted by atomic mass is 35.5. The smallest absolute Gasteiger partial charge is 0.152 e. The molecule has 78 valence electrons. The van der Waals surface area contributed by atoms with Crippen molar-refractivity contribution in [2.75, 3.05) is 0 Å². The predicted molar refractivity (Wildman–Crippen MR) is 60.7 cm³/mol. The molecular formula is C10H9Cl2N3. The van der Waals surface area contributed by atoms with Crippen molar-refractivity contribution in [3.63, 3.8) is 0 Å². The molecule has 0 aliphatic heterocycles. The standard InChI is InChI=1S/C10H9Cl2N3/c1-7-2-3-8(12)4-9(7)15-6-13-14-10(15)5-11/h2-4,6H,5H2,1H3. The second-order valence-electron chi connectivity index (χ2n) is 3.18. The molecule has 0 bridgehead atoms. The molecule has 2 aromatic rings. The number of hydrogen-bond acceptors (Lipinski definition) is 2. The SMILES string of the molecule is Cc1ccc(Cl)cc1-n1cnnc1CCl. The van der Waals surface area contributed by atoms with Crippen molar-refractivity contribution in [2.45, 2.75) is 12.8 Å². The van der Waals surface area contributed by atoms with Gasteiger partial charge in [-0.15, -0.1) is 21.8 Å². The molecule has 0 N–H and O–H groups in total. The van der Waals surface area contributed by atoms with Crippen molar-refractivity contribution >= 4 is 23.2 Å². The maximum atomic E-state index is 5.94. The number of rotatable bonds is 2. The lowest BCUT2D eigenvalue weighted by Crippen LogP contribution is -2.00. The molecule has 0 atom stereocenters. The van der Waals surface area contributed by atoms with E-state index in [1.165, 1.54) is 0 Å². The molecule has 0 saturated heterocycles. The molecule has 1 aromatic heterocycles. The largest absolute Gasteiger partial charge is 0.284 e. The molecule has 3 nitrogen and oxygen atoms in total. The Bertz CT molecular complexity index is 479. The van der Waals surface area contributed by atoms with E-state index in [2.05, 4.69) is 10.2 Å². The summed E-state index contributed by atoms with van der Waals surface area (Å²) in [4.78, 5) is 0. The van der Waals surface area contributed by atoms with E-state index in [4.69, 9.17) is 23.2 Å². The van der Waals surface area contributed by atoms with Gasteiger partial charge in [-0.3, -0.25) is 4.57 Å². The van der Waals surface area contributed by atoms with Gasteiger partial charge in [0.25, 0.3) is 0 Å². The first-order chi connectivity index (χ1) is 7.22. The quantitative estimate of drug-likeness (QED) is 0.758. The fourth-order valence-electron chi connectivity index (χ4n) is 1.39. The van der Waals surface area contributed by atoms with Crippen LogP contribution in [0.3, 0.4) is 0 Å². The molecule has 1 aromatic carbocycles. The Morgan fingerprint density at radius 2 is 2.20 bits per heavy atom. The fraction of sp³-hybridized carbons (Fsp3) is 0.200. The van der Waals surface area contributed by atoms with Crippen LogP contribution in [-0.4, -0.2) is 14.8 Å². The van der Waals surface area contributed by atoms with Crippen LogP contribution in [0.25, 0.3) is 5.69 Å². The number of aryl methyl sites for hydroxylation is 1. The zero-order valence-corrected chi connectivity index (χ0v) is 9.63. The van der Waals surface area contributed by atoms with Crippen molar-refractivity contribution in [1.82, 2.24) is 14.8 Å². The number of halogens is 2. The topological polar surface area (TPSA) is 30.7 Å². The highest BCUT2D eigenvalue weighted by molar-refractivity contribution is 6.30. The number of alkyl halides is 1. The highest BCUT2D eigenvalue weighted by Crippen LogP contribution is 2.20. The normalized spacial score (nSPS) is 10.6. The third kappa shape index (κ3) is 1.98. The van der Waals surface area contributed by atoms with Gasteiger partial charge in [-0.2, -0.15) is 0 Å². The summed E-state index contributed by atoms with van der Waals surface area (Å²) in [5, 5.41) is 8.43. The van der Waals surface area contributed by atoms with Crippen molar-refractivity contribution in [3.8, 4) is 5.69 Å². The lowest BCUT2D eigenvalue weighted by atomic mass is 10.2. The van der Waals surface area contributed by atoms with Crippen LogP contribution in [-0.2, 0) is 5.88 Å². The van der Waals surface area contributed by atoms with E-state index >= 15 is 0 Å². The average molecular weight is 242 g/mol. The van der Waals surface area contributed by atoms with E-state index in [9.17, 15) is 0 Å². The van der Waals surface area contributed by atoms with Gasteiger partial charge in [0.1, 0.15) is 6.33 Å². The van der Waals surface area contributed by atoms with Crippen molar-refractivity contribution in [3.05, 3.63) is 40.9 Å². The van der Waals surface area contributed by atoms with Gasteiger partial charge in [0.05, 0.1) is 11.6 Å². The Morgan fingerprint density at radius 3 is 2.93 bits per heavy atom. The Morgan fingerprint density at radius 1 is 1.40 bits per heavy atom. The van der Waals surface area contributed by atoms with Crippen LogP contribution in [0.4, 0.5) is 0 Å². The lowest BCUT2D eigenvalue weighted by Gasteiger charge is -2.08. The Hall–Kier alpha value is -1.06. The van der Waals surface area contributed by atoms with Gasteiger partial charge in [-0.1, -0.05) is 17.7 Å². The Balaban J connectivity index is 2.58. The predicted octanol–water partition coefficient (Wildman–Crippen LogP) is 2.97. The van der Waals surface area contributed by atoms with E-state index in [0.29, 0.717) is 16.7 Å². The summed E-state index contributed by atoms with van der Waals surface area (Å²) in [6, 6.07) is 5.68. The number of benzene rings is 1. The van der Waals surface area contributed by atoms with Gasteiger partial charge < -0.3 is 0 Å². The fourth-order valence-corrected chi connectivity index (χ4v) is 1.74. The summed E-state index contributed by atoms with van der Waals surface area (Å²) >= 11 is 11.7. The van der Waals surface area contributed by atoms with Crippen molar-refractivity contribution in [2.24, 2.45) is 0 Å². The van der Waals surface area contributed by atoms with Crippen LogP contribution in [0.2, 0.25) is 5.02 Å². The van der Waals surface area contributed by atoms with Crippen LogP contribution in [0, 0.1) is 6.92 Å². The number of nitrogens with zero attached hydrogens (tertiary/aromatic N) is 3. The molecule has 15 heavy (non-hydrogen) atoms. The second-order valence-corrected chi connectivity index (χ2v) is 3.89. The zero-order chi connectivity index (χ0) is 10.8. The number of hydrogen-bond donors (Lipinski definition) is 0. The second kappa shape index (κ2) is 4.21. The molecule has 1 heterocycles. The molecule has 0 fully saturated rings. The van der Waals surface area contributed by atoms with Crippen LogP contribution in [0.5, 0.6) is 0 Å². The zero-order valence-electron chi connectivity index (χ0n) is 8.11. The Labute approximate surface area is 97.7 Å². The van der Waals surface area contributed by atoms with E-state index < -0.39 is 0 Å². The van der Waals surface area contributed by atoms with Crippen LogP contribution >= 0.6 is 23.2 Å². The molecular weight excluding hydrogens is 233 g/mol. The summed E-state index contributed by atoms with van der Waals surface area (Å²) in [6.07, 6.45) is 1.64. The molecule has 0 spiro atoms.